The van der Waals surface area contributed by atoms with Gasteiger partial charge in [-0.05, 0) is 25.8 Å². The third kappa shape index (κ3) is 3.36. The number of nitro benzene ring substituents is 1. The summed E-state index contributed by atoms with van der Waals surface area (Å²) < 4.78 is 18.3. The van der Waals surface area contributed by atoms with Crippen molar-refractivity contribution >= 4 is 11.4 Å². The largest absolute Gasteiger partial charge is 0.494 e. The minimum Gasteiger partial charge on any atom is -0.494 e. The molecular formula is C13H18FN3O3. The van der Waals surface area contributed by atoms with Crippen molar-refractivity contribution in [3.63, 3.8) is 0 Å². The number of nitrogens with one attached hydrogen (secondary N) is 2. The first-order chi connectivity index (χ1) is 9.61. The van der Waals surface area contributed by atoms with Crippen molar-refractivity contribution < 1.29 is 14.1 Å². The number of benzene rings is 1. The van der Waals surface area contributed by atoms with Crippen LogP contribution in [0.1, 0.15) is 19.3 Å². The van der Waals surface area contributed by atoms with E-state index in [2.05, 4.69) is 10.6 Å². The SMILES string of the molecule is COc1cc(NCC[C@@H]2CCCN2)c([N+](=O)[O-])cc1F. The lowest BCUT2D eigenvalue weighted by atomic mass is 10.1. The number of nitrogens with zero attached hydrogens (tertiary/aromatic N) is 1. The Morgan fingerprint density at radius 2 is 2.40 bits per heavy atom. The molecule has 1 aliphatic heterocycles. The molecule has 1 aromatic carbocycles. The molecule has 6 nitrogen and oxygen atoms in total. The predicted molar refractivity (Wildman–Crippen MR) is 73.7 cm³/mol. The first-order valence-electron chi connectivity index (χ1n) is 6.61. The van der Waals surface area contributed by atoms with Gasteiger partial charge < -0.3 is 15.4 Å². The van der Waals surface area contributed by atoms with E-state index in [0.717, 1.165) is 31.9 Å². The fraction of sp³-hybridized carbons (Fsp3) is 0.538. The molecule has 1 fully saturated rings. The van der Waals surface area contributed by atoms with Gasteiger partial charge in [-0.1, -0.05) is 0 Å². The van der Waals surface area contributed by atoms with Crippen LogP contribution >= 0.6 is 0 Å². The number of hydrogen-bond donors (Lipinski definition) is 2. The van der Waals surface area contributed by atoms with Crippen molar-refractivity contribution in [2.24, 2.45) is 0 Å². The van der Waals surface area contributed by atoms with Crippen LogP contribution in [0.25, 0.3) is 0 Å². The summed E-state index contributed by atoms with van der Waals surface area (Å²) in [6.45, 7) is 1.61. The van der Waals surface area contributed by atoms with Crippen LogP contribution in [-0.4, -0.2) is 31.2 Å². The summed E-state index contributed by atoms with van der Waals surface area (Å²) in [5, 5.41) is 17.3. The Morgan fingerprint density at radius 3 is 3.00 bits per heavy atom. The monoisotopic (exact) mass is 283 g/mol. The van der Waals surface area contributed by atoms with E-state index in [1.54, 1.807) is 0 Å². The summed E-state index contributed by atoms with van der Waals surface area (Å²) in [4.78, 5) is 10.3. The van der Waals surface area contributed by atoms with E-state index < -0.39 is 10.7 Å². The van der Waals surface area contributed by atoms with E-state index in [-0.39, 0.29) is 17.1 Å². The first-order valence-corrected chi connectivity index (χ1v) is 6.61. The number of nitro groups is 1. The molecule has 1 saturated heterocycles. The minimum atomic E-state index is -0.734. The van der Waals surface area contributed by atoms with Crippen LogP contribution in [0.5, 0.6) is 5.75 Å². The summed E-state index contributed by atoms with van der Waals surface area (Å²) in [6.07, 6.45) is 3.16. The molecular weight excluding hydrogens is 265 g/mol. The van der Waals surface area contributed by atoms with E-state index in [9.17, 15) is 14.5 Å². The van der Waals surface area contributed by atoms with Crippen molar-refractivity contribution in [2.45, 2.75) is 25.3 Å². The Kier molecular flexibility index (Phi) is 4.73. The molecule has 0 radical (unpaired) electrons. The lowest BCUT2D eigenvalue weighted by Gasteiger charge is -2.12. The van der Waals surface area contributed by atoms with Gasteiger partial charge in [0.25, 0.3) is 5.69 Å². The van der Waals surface area contributed by atoms with E-state index in [4.69, 9.17) is 4.74 Å². The predicted octanol–water partition coefficient (Wildman–Crippen LogP) is 2.30. The zero-order valence-electron chi connectivity index (χ0n) is 11.3. The summed E-state index contributed by atoms with van der Waals surface area (Å²) in [6, 6.07) is 2.66. The van der Waals surface area contributed by atoms with Crippen LogP contribution in [0.3, 0.4) is 0 Å². The molecule has 2 rings (SSSR count). The molecule has 1 aliphatic rings. The summed E-state index contributed by atoms with van der Waals surface area (Å²) in [5.74, 6) is -0.737. The lowest BCUT2D eigenvalue weighted by molar-refractivity contribution is -0.384. The zero-order chi connectivity index (χ0) is 14.5. The van der Waals surface area contributed by atoms with Crippen molar-refractivity contribution in [3.05, 3.63) is 28.1 Å². The fourth-order valence-corrected chi connectivity index (χ4v) is 2.38. The molecule has 1 aromatic rings. The molecule has 0 amide bonds. The van der Waals surface area contributed by atoms with Gasteiger partial charge in [0.15, 0.2) is 11.6 Å². The molecule has 0 aromatic heterocycles. The molecule has 110 valence electrons. The van der Waals surface area contributed by atoms with Crippen LogP contribution in [0, 0.1) is 15.9 Å². The van der Waals surface area contributed by atoms with Gasteiger partial charge in [-0.25, -0.2) is 4.39 Å². The highest BCUT2D eigenvalue weighted by Crippen LogP contribution is 2.31. The Balaban J connectivity index is 2.05. The van der Waals surface area contributed by atoms with Gasteiger partial charge in [0.2, 0.25) is 0 Å². The average molecular weight is 283 g/mol. The zero-order valence-corrected chi connectivity index (χ0v) is 11.3. The van der Waals surface area contributed by atoms with E-state index >= 15 is 0 Å². The van der Waals surface area contributed by atoms with Crippen molar-refractivity contribution in [1.29, 1.82) is 0 Å². The molecule has 7 heteroatoms. The van der Waals surface area contributed by atoms with Crippen LogP contribution in [0.15, 0.2) is 12.1 Å². The Bertz CT molecular complexity index is 490. The maximum absolute atomic E-state index is 13.5. The molecule has 0 spiro atoms. The van der Waals surface area contributed by atoms with E-state index in [0.29, 0.717) is 12.6 Å². The molecule has 20 heavy (non-hydrogen) atoms. The lowest BCUT2D eigenvalue weighted by Crippen LogP contribution is -2.24. The van der Waals surface area contributed by atoms with Crippen molar-refractivity contribution in [1.82, 2.24) is 5.32 Å². The van der Waals surface area contributed by atoms with E-state index in [1.165, 1.54) is 13.2 Å². The smallest absolute Gasteiger partial charge is 0.295 e. The van der Waals surface area contributed by atoms with Gasteiger partial charge >= 0.3 is 0 Å². The van der Waals surface area contributed by atoms with Crippen LogP contribution in [0.2, 0.25) is 0 Å². The van der Waals surface area contributed by atoms with Gasteiger partial charge in [-0.3, -0.25) is 10.1 Å². The quantitative estimate of drug-likeness (QED) is 0.619. The van der Waals surface area contributed by atoms with Crippen LogP contribution < -0.4 is 15.4 Å². The number of halogens is 1. The van der Waals surface area contributed by atoms with Crippen LogP contribution in [0.4, 0.5) is 15.8 Å². The summed E-state index contributed by atoms with van der Waals surface area (Å²) in [5.41, 5.74) is 0.00827. The molecule has 0 unspecified atom stereocenters. The number of rotatable bonds is 6. The highest BCUT2D eigenvalue weighted by molar-refractivity contribution is 5.64. The van der Waals surface area contributed by atoms with Crippen molar-refractivity contribution in [2.75, 3.05) is 25.5 Å². The first kappa shape index (κ1) is 14.5. The third-order valence-corrected chi connectivity index (χ3v) is 3.44. The van der Waals surface area contributed by atoms with Crippen molar-refractivity contribution in [3.8, 4) is 5.75 Å². The highest BCUT2D eigenvalue weighted by Gasteiger charge is 2.19. The normalized spacial score (nSPS) is 18.0. The molecule has 1 heterocycles. The summed E-state index contributed by atoms with van der Waals surface area (Å²) in [7, 11) is 1.33. The van der Waals surface area contributed by atoms with Gasteiger partial charge in [0.05, 0.1) is 18.1 Å². The van der Waals surface area contributed by atoms with Gasteiger partial charge in [0.1, 0.15) is 5.69 Å². The second-order valence-corrected chi connectivity index (χ2v) is 4.77. The molecule has 0 bridgehead atoms. The maximum atomic E-state index is 13.5. The van der Waals surface area contributed by atoms with Gasteiger partial charge in [0, 0.05) is 18.7 Å². The second-order valence-electron chi connectivity index (χ2n) is 4.77. The standard InChI is InChI=1S/C13H18FN3O3/c1-20-13-8-11(12(17(18)19)7-10(13)14)16-6-4-9-3-2-5-15-9/h7-9,15-16H,2-6H2,1H3/t9-/m0/s1. The number of methoxy groups -OCH3 is 1. The Hall–Kier alpha value is -1.89. The third-order valence-electron chi connectivity index (χ3n) is 3.44. The van der Waals surface area contributed by atoms with Gasteiger partial charge in [-0.2, -0.15) is 0 Å². The summed E-state index contributed by atoms with van der Waals surface area (Å²) >= 11 is 0. The fourth-order valence-electron chi connectivity index (χ4n) is 2.38. The topological polar surface area (TPSA) is 76.4 Å². The Labute approximate surface area is 116 Å². The number of anilines is 1. The molecule has 1 atom stereocenters. The maximum Gasteiger partial charge on any atom is 0.295 e. The Morgan fingerprint density at radius 1 is 1.60 bits per heavy atom. The van der Waals surface area contributed by atoms with E-state index in [1.807, 2.05) is 0 Å². The average Bonchev–Trinajstić information content (AvgIpc) is 2.93. The molecule has 0 aliphatic carbocycles. The number of ether oxygens (including phenoxy) is 1. The number of hydrogen-bond acceptors (Lipinski definition) is 5. The molecule has 0 saturated carbocycles. The highest BCUT2D eigenvalue weighted by atomic mass is 19.1. The molecule has 2 N–H and O–H groups in total. The van der Waals surface area contributed by atoms with Crippen LogP contribution in [-0.2, 0) is 0 Å². The van der Waals surface area contributed by atoms with Gasteiger partial charge in [-0.15, -0.1) is 0 Å². The second kappa shape index (κ2) is 6.51. The minimum absolute atomic E-state index is 0.00269.